The molecule has 0 saturated carbocycles. The fourth-order valence-electron chi connectivity index (χ4n) is 2.31. The minimum Gasteiger partial charge on any atom is -0.321 e. The zero-order valence-electron chi connectivity index (χ0n) is 12.4. The smallest absolute Gasteiger partial charge is 0.152 e. The van der Waals surface area contributed by atoms with Crippen LogP contribution in [0.4, 0.5) is 0 Å². The molecule has 0 bridgehead atoms. The number of hydrogen-bond donors (Lipinski definition) is 0. The SMILES string of the molecule is CCCc1cc(C)n(-c2ccc(/C=C/C(C)=O)cc2)c1. The third kappa shape index (κ3) is 3.47. The quantitative estimate of drug-likeness (QED) is 0.739. The van der Waals surface area contributed by atoms with Gasteiger partial charge in [-0.2, -0.15) is 0 Å². The molecular formula is C18H21NO. The first-order valence-corrected chi connectivity index (χ1v) is 7.07. The summed E-state index contributed by atoms with van der Waals surface area (Å²) in [6.45, 7) is 5.88. The third-order valence-corrected chi connectivity index (χ3v) is 3.29. The van der Waals surface area contributed by atoms with Crippen LogP contribution in [0.5, 0.6) is 0 Å². The summed E-state index contributed by atoms with van der Waals surface area (Å²) in [5.74, 6) is 0.0690. The van der Waals surface area contributed by atoms with Gasteiger partial charge in [-0.1, -0.05) is 31.6 Å². The molecule has 0 atom stereocenters. The molecule has 0 radical (unpaired) electrons. The van der Waals surface area contributed by atoms with Gasteiger partial charge in [0.05, 0.1) is 0 Å². The van der Waals surface area contributed by atoms with Gasteiger partial charge in [-0.25, -0.2) is 0 Å². The lowest BCUT2D eigenvalue weighted by Crippen LogP contribution is -1.94. The van der Waals surface area contributed by atoms with Gasteiger partial charge in [0.1, 0.15) is 0 Å². The van der Waals surface area contributed by atoms with E-state index < -0.39 is 0 Å². The first-order chi connectivity index (χ1) is 9.60. The summed E-state index contributed by atoms with van der Waals surface area (Å²) < 4.78 is 2.21. The number of allylic oxidation sites excluding steroid dienone is 1. The Hall–Kier alpha value is -2.09. The number of carbonyl (C=O) groups excluding carboxylic acids is 1. The summed E-state index contributed by atoms with van der Waals surface area (Å²) >= 11 is 0. The molecule has 2 aromatic rings. The van der Waals surface area contributed by atoms with Gasteiger partial charge in [0.15, 0.2) is 5.78 Å². The van der Waals surface area contributed by atoms with Crippen molar-refractivity contribution in [1.29, 1.82) is 0 Å². The maximum absolute atomic E-state index is 10.9. The molecule has 2 rings (SSSR count). The van der Waals surface area contributed by atoms with Gasteiger partial charge < -0.3 is 4.57 Å². The third-order valence-electron chi connectivity index (χ3n) is 3.29. The Balaban J connectivity index is 2.23. The zero-order chi connectivity index (χ0) is 14.5. The van der Waals surface area contributed by atoms with Crippen LogP contribution in [0.2, 0.25) is 0 Å². The normalized spacial score (nSPS) is 11.2. The van der Waals surface area contributed by atoms with Crippen LogP contribution in [0.1, 0.15) is 37.1 Å². The van der Waals surface area contributed by atoms with Gasteiger partial charge in [-0.05, 0) is 55.7 Å². The Bertz CT molecular complexity index is 617. The van der Waals surface area contributed by atoms with Gasteiger partial charge in [0, 0.05) is 17.6 Å². The second-order valence-electron chi connectivity index (χ2n) is 5.15. The molecule has 1 heterocycles. The van der Waals surface area contributed by atoms with Crippen molar-refractivity contribution in [3.63, 3.8) is 0 Å². The maximum atomic E-state index is 10.9. The zero-order valence-corrected chi connectivity index (χ0v) is 12.4. The second-order valence-corrected chi connectivity index (χ2v) is 5.15. The Morgan fingerprint density at radius 3 is 2.55 bits per heavy atom. The summed E-state index contributed by atoms with van der Waals surface area (Å²) in [5.41, 5.74) is 4.83. The van der Waals surface area contributed by atoms with Crippen molar-refractivity contribution in [3.8, 4) is 5.69 Å². The molecule has 1 aromatic carbocycles. The molecule has 0 saturated heterocycles. The molecule has 0 spiro atoms. The lowest BCUT2D eigenvalue weighted by atomic mass is 10.2. The molecule has 0 aliphatic heterocycles. The molecule has 0 aliphatic carbocycles. The number of carbonyl (C=O) groups is 1. The van der Waals surface area contributed by atoms with Crippen LogP contribution in [-0.4, -0.2) is 10.4 Å². The topological polar surface area (TPSA) is 22.0 Å². The summed E-state index contributed by atoms with van der Waals surface area (Å²) in [5, 5.41) is 0. The Labute approximate surface area is 120 Å². The van der Waals surface area contributed by atoms with E-state index >= 15 is 0 Å². The van der Waals surface area contributed by atoms with Crippen molar-refractivity contribution >= 4 is 11.9 Å². The fourth-order valence-corrected chi connectivity index (χ4v) is 2.31. The van der Waals surface area contributed by atoms with E-state index in [9.17, 15) is 4.79 Å². The van der Waals surface area contributed by atoms with Gasteiger partial charge in [-0.15, -0.1) is 0 Å². The Kier molecular flexibility index (Phi) is 4.57. The number of nitrogens with zero attached hydrogens (tertiary/aromatic N) is 1. The highest BCUT2D eigenvalue weighted by Crippen LogP contribution is 2.17. The Morgan fingerprint density at radius 1 is 1.25 bits per heavy atom. The fraction of sp³-hybridized carbons (Fsp3) is 0.278. The van der Waals surface area contributed by atoms with Crippen LogP contribution in [0.15, 0.2) is 42.6 Å². The highest BCUT2D eigenvalue weighted by Gasteiger charge is 2.03. The molecule has 1 aromatic heterocycles. The van der Waals surface area contributed by atoms with Crippen LogP contribution < -0.4 is 0 Å². The van der Waals surface area contributed by atoms with Crippen LogP contribution >= 0.6 is 0 Å². The predicted octanol–water partition coefficient (Wildman–Crippen LogP) is 4.34. The molecule has 0 aliphatic rings. The molecule has 2 heteroatoms. The van der Waals surface area contributed by atoms with Crippen LogP contribution in [0, 0.1) is 6.92 Å². The summed E-state index contributed by atoms with van der Waals surface area (Å²) in [6, 6.07) is 10.5. The summed E-state index contributed by atoms with van der Waals surface area (Å²) in [7, 11) is 0. The average Bonchev–Trinajstić information content (AvgIpc) is 2.78. The lowest BCUT2D eigenvalue weighted by Gasteiger charge is -2.06. The van der Waals surface area contributed by atoms with Crippen LogP contribution in [0.3, 0.4) is 0 Å². The number of benzene rings is 1. The van der Waals surface area contributed by atoms with E-state index in [4.69, 9.17) is 0 Å². The Morgan fingerprint density at radius 2 is 1.95 bits per heavy atom. The minimum atomic E-state index is 0.0690. The van der Waals surface area contributed by atoms with Crippen molar-refractivity contribution < 1.29 is 4.79 Å². The van der Waals surface area contributed by atoms with E-state index in [1.54, 1.807) is 13.0 Å². The number of ketones is 1. The maximum Gasteiger partial charge on any atom is 0.152 e. The van der Waals surface area contributed by atoms with Crippen molar-refractivity contribution in [3.05, 3.63) is 59.4 Å². The van der Waals surface area contributed by atoms with Gasteiger partial charge in [0.2, 0.25) is 0 Å². The first-order valence-electron chi connectivity index (χ1n) is 7.07. The van der Waals surface area contributed by atoms with E-state index in [1.165, 1.54) is 11.3 Å². The van der Waals surface area contributed by atoms with Crippen molar-refractivity contribution in [2.45, 2.75) is 33.6 Å². The van der Waals surface area contributed by atoms with Crippen LogP contribution in [-0.2, 0) is 11.2 Å². The number of aryl methyl sites for hydroxylation is 2. The van der Waals surface area contributed by atoms with Crippen molar-refractivity contribution in [2.24, 2.45) is 0 Å². The molecular weight excluding hydrogens is 246 g/mol. The van der Waals surface area contributed by atoms with E-state index in [-0.39, 0.29) is 5.78 Å². The first kappa shape index (κ1) is 14.3. The van der Waals surface area contributed by atoms with E-state index in [1.807, 2.05) is 18.2 Å². The molecule has 104 valence electrons. The number of hydrogen-bond acceptors (Lipinski definition) is 1. The average molecular weight is 267 g/mol. The van der Waals surface area contributed by atoms with E-state index in [2.05, 4.69) is 42.8 Å². The highest BCUT2D eigenvalue weighted by atomic mass is 16.1. The van der Waals surface area contributed by atoms with Crippen molar-refractivity contribution in [1.82, 2.24) is 4.57 Å². The number of aromatic nitrogens is 1. The predicted molar refractivity (Wildman–Crippen MR) is 84.2 cm³/mol. The van der Waals surface area contributed by atoms with E-state index in [0.717, 1.165) is 24.1 Å². The van der Waals surface area contributed by atoms with Gasteiger partial charge >= 0.3 is 0 Å². The molecule has 0 amide bonds. The van der Waals surface area contributed by atoms with E-state index in [0.29, 0.717) is 0 Å². The highest BCUT2D eigenvalue weighted by molar-refractivity contribution is 5.91. The largest absolute Gasteiger partial charge is 0.321 e. The minimum absolute atomic E-state index is 0.0690. The molecule has 2 nitrogen and oxygen atoms in total. The van der Waals surface area contributed by atoms with Gasteiger partial charge in [0.25, 0.3) is 0 Å². The standard InChI is InChI=1S/C18H21NO/c1-4-5-17-12-14(2)19(13-17)18-10-8-16(9-11-18)7-6-15(3)20/h6-13H,4-5H2,1-3H3/b7-6+. The molecule has 0 unspecified atom stereocenters. The van der Waals surface area contributed by atoms with Gasteiger partial charge in [-0.3, -0.25) is 4.79 Å². The molecule has 20 heavy (non-hydrogen) atoms. The van der Waals surface area contributed by atoms with Crippen molar-refractivity contribution in [2.75, 3.05) is 0 Å². The molecule has 0 fully saturated rings. The van der Waals surface area contributed by atoms with Crippen LogP contribution in [0.25, 0.3) is 11.8 Å². The second kappa shape index (κ2) is 6.38. The molecule has 0 N–H and O–H groups in total. The lowest BCUT2D eigenvalue weighted by molar-refractivity contribution is -0.112. The monoisotopic (exact) mass is 267 g/mol. The summed E-state index contributed by atoms with van der Waals surface area (Å²) in [6.07, 6.45) is 7.93. The number of rotatable bonds is 5. The summed E-state index contributed by atoms with van der Waals surface area (Å²) in [4.78, 5) is 10.9.